The summed E-state index contributed by atoms with van der Waals surface area (Å²) in [7, 11) is 0. The standard InChI is InChI=1S/C7H3BrF3NO2/c8-4-1-2-6(12-5(4)3-13)14-7(9,10)11/h1-3H. The molecule has 0 radical (unpaired) electrons. The van der Waals surface area contributed by atoms with E-state index in [1.807, 2.05) is 0 Å². The SMILES string of the molecule is O=Cc1nc(OC(F)(F)F)ccc1Br. The van der Waals surface area contributed by atoms with Crippen LogP contribution in [0.1, 0.15) is 10.5 Å². The van der Waals surface area contributed by atoms with Gasteiger partial charge in [-0.25, -0.2) is 4.98 Å². The third-order valence-electron chi connectivity index (χ3n) is 1.18. The molecule has 1 heterocycles. The molecule has 0 spiro atoms. The number of nitrogens with zero attached hydrogens (tertiary/aromatic N) is 1. The topological polar surface area (TPSA) is 39.2 Å². The number of rotatable bonds is 2. The molecule has 0 fully saturated rings. The molecule has 0 saturated carbocycles. The van der Waals surface area contributed by atoms with E-state index in [1.54, 1.807) is 0 Å². The summed E-state index contributed by atoms with van der Waals surface area (Å²) in [4.78, 5) is 13.6. The Labute approximate surface area is 85.0 Å². The first-order valence-electron chi connectivity index (χ1n) is 3.30. The molecule has 0 bridgehead atoms. The maximum atomic E-state index is 11.7. The van der Waals surface area contributed by atoms with Gasteiger partial charge in [-0.05, 0) is 22.0 Å². The Bertz CT molecular complexity index is 353. The zero-order valence-corrected chi connectivity index (χ0v) is 8.09. The normalized spacial score (nSPS) is 11.1. The van der Waals surface area contributed by atoms with Crippen LogP contribution in [0.4, 0.5) is 13.2 Å². The number of alkyl halides is 3. The predicted molar refractivity (Wildman–Crippen MR) is 44.0 cm³/mol. The van der Waals surface area contributed by atoms with Crippen LogP contribution in [0.15, 0.2) is 16.6 Å². The molecule has 1 rings (SSSR count). The third-order valence-corrected chi connectivity index (χ3v) is 1.85. The van der Waals surface area contributed by atoms with Gasteiger partial charge in [-0.15, -0.1) is 13.2 Å². The van der Waals surface area contributed by atoms with Crippen molar-refractivity contribution in [3.05, 3.63) is 22.3 Å². The minimum atomic E-state index is -4.80. The molecule has 7 heteroatoms. The van der Waals surface area contributed by atoms with Gasteiger partial charge in [0.05, 0.1) is 0 Å². The average Bonchev–Trinajstić information content (AvgIpc) is 2.06. The smallest absolute Gasteiger partial charge is 0.388 e. The van der Waals surface area contributed by atoms with Gasteiger partial charge in [0.25, 0.3) is 0 Å². The second kappa shape index (κ2) is 3.95. The van der Waals surface area contributed by atoms with Crippen molar-refractivity contribution in [1.82, 2.24) is 4.98 Å². The van der Waals surface area contributed by atoms with E-state index in [0.717, 1.165) is 6.07 Å². The molecule has 76 valence electrons. The molecule has 1 aromatic rings. The van der Waals surface area contributed by atoms with Crippen LogP contribution in [-0.4, -0.2) is 17.6 Å². The van der Waals surface area contributed by atoms with Crippen LogP contribution in [0.5, 0.6) is 5.88 Å². The number of aromatic nitrogens is 1. The summed E-state index contributed by atoms with van der Waals surface area (Å²) in [6, 6.07) is 2.25. The number of halogens is 4. The molecule has 0 saturated heterocycles. The lowest BCUT2D eigenvalue weighted by molar-refractivity contribution is -0.276. The van der Waals surface area contributed by atoms with E-state index in [4.69, 9.17) is 0 Å². The third kappa shape index (κ3) is 2.99. The fraction of sp³-hybridized carbons (Fsp3) is 0.143. The number of aldehydes is 1. The van der Waals surface area contributed by atoms with Gasteiger partial charge in [-0.3, -0.25) is 4.79 Å². The Morgan fingerprint density at radius 2 is 2.07 bits per heavy atom. The minimum Gasteiger partial charge on any atom is -0.388 e. The summed E-state index contributed by atoms with van der Waals surface area (Å²) in [5.74, 6) is -0.664. The van der Waals surface area contributed by atoms with Crippen molar-refractivity contribution < 1.29 is 22.7 Å². The van der Waals surface area contributed by atoms with Gasteiger partial charge in [0, 0.05) is 10.5 Å². The number of hydrogen-bond donors (Lipinski definition) is 0. The van der Waals surface area contributed by atoms with Crippen LogP contribution >= 0.6 is 15.9 Å². The summed E-state index contributed by atoms with van der Waals surface area (Å²) < 4.78 is 39.0. The Hall–Kier alpha value is -1.11. The maximum Gasteiger partial charge on any atom is 0.574 e. The van der Waals surface area contributed by atoms with Gasteiger partial charge in [-0.1, -0.05) is 0 Å². The summed E-state index contributed by atoms with van der Waals surface area (Å²) in [5.41, 5.74) is -0.147. The largest absolute Gasteiger partial charge is 0.574 e. The summed E-state index contributed by atoms with van der Waals surface area (Å²) in [5, 5.41) is 0. The number of carbonyl (C=O) groups excluding carboxylic acids is 1. The van der Waals surface area contributed by atoms with Crippen molar-refractivity contribution in [3.63, 3.8) is 0 Å². The van der Waals surface area contributed by atoms with Crippen LogP contribution in [0.2, 0.25) is 0 Å². The second-order valence-electron chi connectivity index (χ2n) is 2.18. The summed E-state index contributed by atoms with van der Waals surface area (Å²) in [6.07, 6.45) is -4.48. The Morgan fingerprint density at radius 3 is 2.57 bits per heavy atom. The zero-order valence-electron chi connectivity index (χ0n) is 6.51. The average molecular weight is 270 g/mol. The molecular formula is C7H3BrF3NO2. The first-order valence-corrected chi connectivity index (χ1v) is 4.09. The van der Waals surface area contributed by atoms with E-state index in [9.17, 15) is 18.0 Å². The van der Waals surface area contributed by atoms with Crippen LogP contribution < -0.4 is 4.74 Å². The number of carbonyl (C=O) groups is 1. The number of ether oxygens (including phenoxy) is 1. The van der Waals surface area contributed by atoms with Crippen molar-refractivity contribution in [2.24, 2.45) is 0 Å². The van der Waals surface area contributed by atoms with Crippen molar-refractivity contribution >= 4 is 22.2 Å². The van der Waals surface area contributed by atoms with Crippen molar-refractivity contribution in [2.45, 2.75) is 6.36 Å². The quantitative estimate of drug-likeness (QED) is 0.775. The Morgan fingerprint density at radius 1 is 1.43 bits per heavy atom. The predicted octanol–water partition coefficient (Wildman–Crippen LogP) is 2.56. The van der Waals surface area contributed by atoms with Gasteiger partial charge in [0.2, 0.25) is 5.88 Å². The highest BCUT2D eigenvalue weighted by Gasteiger charge is 2.31. The van der Waals surface area contributed by atoms with E-state index >= 15 is 0 Å². The zero-order chi connectivity index (χ0) is 10.8. The monoisotopic (exact) mass is 269 g/mol. The molecule has 0 amide bonds. The lowest BCUT2D eigenvalue weighted by atomic mass is 10.4. The van der Waals surface area contributed by atoms with Crippen LogP contribution in [0.3, 0.4) is 0 Å². The maximum absolute atomic E-state index is 11.7. The molecule has 0 aliphatic heterocycles. The first-order chi connectivity index (χ1) is 6.42. The van der Waals surface area contributed by atoms with E-state index in [1.165, 1.54) is 6.07 Å². The highest BCUT2D eigenvalue weighted by atomic mass is 79.9. The lowest BCUT2D eigenvalue weighted by Gasteiger charge is -2.07. The van der Waals surface area contributed by atoms with Crippen LogP contribution in [0, 0.1) is 0 Å². The van der Waals surface area contributed by atoms with Crippen LogP contribution in [-0.2, 0) is 0 Å². The highest BCUT2D eigenvalue weighted by molar-refractivity contribution is 9.10. The lowest BCUT2D eigenvalue weighted by Crippen LogP contribution is -2.18. The second-order valence-corrected chi connectivity index (χ2v) is 3.04. The van der Waals surface area contributed by atoms with E-state index in [0.29, 0.717) is 10.8 Å². The van der Waals surface area contributed by atoms with Gasteiger partial charge in [0.15, 0.2) is 6.29 Å². The number of pyridine rings is 1. The van der Waals surface area contributed by atoms with Crippen molar-refractivity contribution in [1.29, 1.82) is 0 Å². The first kappa shape index (κ1) is 11.0. The molecule has 1 aromatic heterocycles. The molecule has 0 aliphatic carbocycles. The van der Waals surface area contributed by atoms with Crippen molar-refractivity contribution in [2.75, 3.05) is 0 Å². The minimum absolute atomic E-state index is 0.147. The number of hydrogen-bond acceptors (Lipinski definition) is 3. The van der Waals surface area contributed by atoms with Gasteiger partial charge < -0.3 is 4.74 Å². The fourth-order valence-corrected chi connectivity index (χ4v) is 1.01. The molecule has 14 heavy (non-hydrogen) atoms. The van der Waals surface area contributed by atoms with Gasteiger partial charge in [-0.2, -0.15) is 0 Å². The molecule has 0 N–H and O–H groups in total. The van der Waals surface area contributed by atoms with Gasteiger partial charge >= 0.3 is 6.36 Å². The Kier molecular flexibility index (Phi) is 3.10. The Balaban J connectivity index is 2.95. The van der Waals surface area contributed by atoms with Crippen molar-refractivity contribution in [3.8, 4) is 5.88 Å². The molecule has 0 atom stereocenters. The highest BCUT2D eigenvalue weighted by Crippen LogP contribution is 2.23. The molecule has 0 unspecified atom stereocenters. The van der Waals surface area contributed by atoms with Crippen LogP contribution in [0.25, 0.3) is 0 Å². The molecule has 3 nitrogen and oxygen atoms in total. The van der Waals surface area contributed by atoms with E-state index < -0.39 is 12.2 Å². The summed E-state index contributed by atoms with van der Waals surface area (Å²) in [6.45, 7) is 0. The summed E-state index contributed by atoms with van der Waals surface area (Å²) >= 11 is 2.94. The van der Waals surface area contributed by atoms with E-state index in [2.05, 4.69) is 25.7 Å². The van der Waals surface area contributed by atoms with Gasteiger partial charge in [0.1, 0.15) is 5.69 Å². The molecule has 0 aliphatic rings. The molecule has 0 aromatic carbocycles. The fourth-order valence-electron chi connectivity index (χ4n) is 0.697. The van der Waals surface area contributed by atoms with E-state index in [-0.39, 0.29) is 5.69 Å². The molecular weight excluding hydrogens is 267 g/mol.